The van der Waals surface area contributed by atoms with Gasteiger partial charge in [0.1, 0.15) is 19.0 Å². The van der Waals surface area contributed by atoms with Gasteiger partial charge in [0.05, 0.1) is 13.9 Å². The van der Waals surface area contributed by atoms with Crippen LogP contribution in [0.2, 0.25) is 0 Å². The van der Waals surface area contributed by atoms with E-state index in [4.69, 9.17) is 9.47 Å². The molecule has 1 aliphatic rings. The lowest BCUT2D eigenvalue weighted by atomic mass is 10.2. The van der Waals surface area contributed by atoms with E-state index in [9.17, 15) is 0 Å². The van der Waals surface area contributed by atoms with E-state index in [1.54, 1.807) is 11.3 Å². The number of halogens is 1. The summed E-state index contributed by atoms with van der Waals surface area (Å²) in [6.07, 6.45) is 0. The van der Waals surface area contributed by atoms with Crippen LogP contribution in [0.3, 0.4) is 0 Å². The number of rotatable bonds is 1. The normalized spacial score (nSPS) is 13.9. The lowest BCUT2D eigenvalue weighted by Crippen LogP contribution is -2.15. The third kappa shape index (κ3) is 1.99. The summed E-state index contributed by atoms with van der Waals surface area (Å²) in [5.74, 6) is 2.45. The zero-order chi connectivity index (χ0) is 12.8. The molecule has 0 atom stereocenters. The van der Waals surface area contributed by atoms with E-state index in [1.807, 2.05) is 12.1 Å². The fourth-order valence-corrected chi connectivity index (χ4v) is 3.45. The molecule has 1 aliphatic heterocycles. The van der Waals surface area contributed by atoms with Crippen molar-refractivity contribution in [1.29, 1.82) is 0 Å². The smallest absolute Gasteiger partial charge is 0.163 e. The summed E-state index contributed by atoms with van der Waals surface area (Å²) in [5, 5.41) is 2.10. The zero-order valence-electron chi connectivity index (χ0n) is 9.77. The molecular formula is C13H9IN2O2S. The van der Waals surface area contributed by atoms with E-state index < -0.39 is 0 Å². The van der Waals surface area contributed by atoms with E-state index in [0.29, 0.717) is 13.2 Å². The molecule has 0 radical (unpaired) electrons. The van der Waals surface area contributed by atoms with Crippen LogP contribution in [0.25, 0.3) is 22.4 Å². The predicted molar refractivity (Wildman–Crippen MR) is 83.1 cm³/mol. The van der Waals surface area contributed by atoms with Crippen molar-refractivity contribution in [2.75, 3.05) is 13.2 Å². The third-order valence-corrected chi connectivity index (χ3v) is 4.78. The summed E-state index contributed by atoms with van der Waals surface area (Å²) < 4.78 is 12.4. The fourth-order valence-electron chi connectivity index (χ4n) is 2.12. The van der Waals surface area contributed by atoms with Gasteiger partial charge in [-0.1, -0.05) is 0 Å². The number of fused-ring (bicyclic) bond motifs is 2. The summed E-state index contributed by atoms with van der Waals surface area (Å²) >= 11 is 4.03. The van der Waals surface area contributed by atoms with Crippen molar-refractivity contribution in [2.45, 2.75) is 0 Å². The van der Waals surface area contributed by atoms with Gasteiger partial charge in [0, 0.05) is 23.1 Å². The second-order valence-corrected chi connectivity index (χ2v) is 7.04. The molecule has 1 N–H and O–H groups in total. The molecule has 0 aliphatic carbocycles. The number of H-pyrrole nitrogens is 1. The van der Waals surface area contributed by atoms with Crippen LogP contribution in [-0.2, 0) is 0 Å². The minimum absolute atomic E-state index is 0.596. The Kier molecular flexibility index (Phi) is 2.66. The van der Waals surface area contributed by atoms with Gasteiger partial charge in [-0.3, -0.25) is 0 Å². The summed E-state index contributed by atoms with van der Waals surface area (Å²) in [4.78, 5) is 7.95. The minimum atomic E-state index is 0.596. The van der Waals surface area contributed by atoms with Crippen molar-refractivity contribution in [1.82, 2.24) is 9.97 Å². The van der Waals surface area contributed by atoms with Crippen molar-refractivity contribution in [2.24, 2.45) is 0 Å². The van der Waals surface area contributed by atoms with Crippen molar-refractivity contribution in [3.05, 3.63) is 26.5 Å². The molecule has 0 spiro atoms. The fraction of sp³-hybridized carbons (Fsp3) is 0.154. The maximum absolute atomic E-state index is 5.58. The Hall–Kier alpha value is -1.28. The van der Waals surface area contributed by atoms with Crippen LogP contribution in [-0.4, -0.2) is 23.2 Å². The summed E-state index contributed by atoms with van der Waals surface area (Å²) in [7, 11) is 0. The van der Waals surface area contributed by atoms with Gasteiger partial charge in [-0.05, 0) is 28.7 Å². The van der Waals surface area contributed by atoms with E-state index in [2.05, 4.69) is 44.0 Å². The second-order valence-electron chi connectivity index (χ2n) is 4.24. The number of benzene rings is 1. The van der Waals surface area contributed by atoms with Crippen LogP contribution < -0.4 is 9.47 Å². The number of hydrogen-bond donors (Lipinski definition) is 1. The number of nitrogens with zero attached hydrogens (tertiary/aromatic N) is 1. The molecule has 1 aromatic carbocycles. The Morgan fingerprint density at radius 2 is 1.95 bits per heavy atom. The molecule has 19 heavy (non-hydrogen) atoms. The van der Waals surface area contributed by atoms with Crippen LogP contribution >= 0.6 is 33.9 Å². The van der Waals surface area contributed by atoms with Crippen molar-refractivity contribution in [3.63, 3.8) is 0 Å². The molecule has 2 aromatic heterocycles. The second kappa shape index (κ2) is 4.38. The molecule has 96 valence electrons. The van der Waals surface area contributed by atoms with Gasteiger partial charge in [0.25, 0.3) is 0 Å². The van der Waals surface area contributed by atoms with Crippen LogP contribution in [0.5, 0.6) is 11.5 Å². The topological polar surface area (TPSA) is 47.1 Å². The van der Waals surface area contributed by atoms with Crippen LogP contribution in [0.15, 0.2) is 23.6 Å². The van der Waals surface area contributed by atoms with Crippen molar-refractivity contribution < 1.29 is 9.47 Å². The van der Waals surface area contributed by atoms with E-state index >= 15 is 0 Å². The number of imidazole rings is 1. The standard InChI is InChI=1S/C13H9IN2O2S/c14-12-3-7(6-19-12)13-15-8-4-10-11(5-9(8)16-13)18-2-1-17-10/h3-6H,1-2H2,(H,15,16). The zero-order valence-corrected chi connectivity index (χ0v) is 12.7. The molecule has 0 unspecified atom stereocenters. The first kappa shape index (κ1) is 11.5. The van der Waals surface area contributed by atoms with Crippen molar-refractivity contribution in [3.8, 4) is 22.9 Å². The Morgan fingerprint density at radius 1 is 1.16 bits per heavy atom. The summed E-state index contributed by atoms with van der Waals surface area (Å²) in [6.45, 7) is 1.20. The first-order valence-corrected chi connectivity index (χ1v) is 7.79. The lowest BCUT2D eigenvalue weighted by Gasteiger charge is -2.17. The molecular weight excluding hydrogens is 375 g/mol. The number of thiophene rings is 1. The first-order valence-electron chi connectivity index (χ1n) is 5.83. The van der Waals surface area contributed by atoms with Gasteiger partial charge >= 0.3 is 0 Å². The highest BCUT2D eigenvalue weighted by molar-refractivity contribution is 14.1. The monoisotopic (exact) mass is 384 g/mol. The number of nitrogens with one attached hydrogen (secondary N) is 1. The number of ether oxygens (including phenoxy) is 2. The Bertz CT molecular complexity index is 722. The molecule has 0 saturated heterocycles. The van der Waals surface area contributed by atoms with Crippen LogP contribution in [0, 0.1) is 2.88 Å². The summed E-state index contributed by atoms with van der Waals surface area (Å²) in [5.41, 5.74) is 2.99. The summed E-state index contributed by atoms with van der Waals surface area (Å²) in [6, 6.07) is 6.01. The van der Waals surface area contributed by atoms with Gasteiger partial charge in [0.15, 0.2) is 11.5 Å². The van der Waals surface area contributed by atoms with E-state index in [1.165, 1.54) is 2.88 Å². The highest BCUT2D eigenvalue weighted by Gasteiger charge is 2.15. The SMILES string of the molecule is Ic1cc(-c2nc3cc4c(cc3[nH]2)OCCO4)cs1. The molecule has 6 heteroatoms. The molecule has 3 heterocycles. The molecule has 0 bridgehead atoms. The largest absolute Gasteiger partial charge is 0.486 e. The maximum Gasteiger partial charge on any atom is 0.163 e. The quantitative estimate of drug-likeness (QED) is 0.652. The Labute approximate surface area is 126 Å². The van der Waals surface area contributed by atoms with Gasteiger partial charge in [-0.15, -0.1) is 11.3 Å². The number of hydrogen-bond acceptors (Lipinski definition) is 4. The first-order chi connectivity index (χ1) is 9.29. The van der Waals surface area contributed by atoms with Gasteiger partial charge in [-0.2, -0.15) is 0 Å². The molecule has 0 amide bonds. The van der Waals surface area contributed by atoms with Gasteiger partial charge in [0.2, 0.25) is 0 Å². The highest BCUT2D eigenvalue weighted by atomic mass is 127. The molecule has 0 fully saturated rings. The average molecular weight is 384 g/mol. The van der Waals surface area contributed by atoms with E-state index in [0.717, 1.165) is 33.9 Å². The molecule has 4 rings (SSSR count). The minimum Gasteiger partial charge on any atom is -0.486 e. The third-order valence-electron chi connectivity index (χ3n) is 2.99. The highest BCUT2D eigenvalue weighted by Crippen LogP contribution is 2.35. The number of aromatic nitrogens is 2. The van der Waals surface area contributed by atoms with E-state index in [-0.39, 0.29) is 0 Å². The number of aromatic amines is 1. The maximum atomic E-state index is 5.58. The van der Waals surface area contributed by atoms with Crippen LogP contribution in [0.1, 0.15) is 0 Å². The lowest BCUT2D eigenvalue weighted by molar-refractivity contribution is 0.172. The average Bonchev–Trinajstić information content (AvgIpc) is 3.01. The van der Waals surface area contributed by atoms with Gasteiger partial charge < -0.3 is 14.5 Å². The predicted octanol–water partition coefficient (Wildman–Crippen LogP) is 3.67. The van der Waals surface area contributed by atoms with Crippen molar-refractivity contribution >= 4 is 45.0 Å². The van der Waals surface area contributed by atoms with Crippen LogP contribution in [0.4, 0.5) is 0 Å². The Balaban J connectivity index is 1.87. The molecule has 4 nitrogen and oxygen atoms in total. The molecule has 3 aromatic rings. The van der Waals surface area contributed by atoms with Gasteiger partial charge in [-0.25, -0.2) is 4.98 Å². The Morgan fingerprint density at radius 3 is 2.68 bits per heavy atom. The molecule has 0 saturated carbocycles.